The summed E-state index contributed by atoms with van der Waals surface area (Å²) in [5.41, 5.74) is 1.88. The van der Waals surface area contributed by atoms with E-state index < -0.39 is 0 Å². The van der Waals surface area contributed by atoms with Crippen molar-refractivity contribution in [1.82, 2.24) is 20.0 Å². The van der Waals surface area contributed by atoms with Gasteiger partial charge in [-0.2, -0.15) is 5.10 Å². The molecule has 6 nitrogen and oxygen atoms in total. The van der Waals surface area contributed by atoms with Gasteiger partial charge in [-0.1, -0.05) is 11.6 Å². The number of nitrogens with one attached hydrogen (secondary N) is 1. The van der Waals surface area contributed by atoms with Crippen LogP contribution in [-0.2, 0) is 23.1 Å². The fourth-order valence-electron chi connectivity index (χ4n) is 2.51. The number of amides is 1. The van der Waals surface area contributed by atoms with Crippen LogP contribution >= 0.6 is 11.6 Å². The van der Waals surface area contributed by atoms with Crippen molar-refractivity contribution >= 4 is 17.5 Å². The van der Waals surface area contributed by atoms with Gasteiger partial charge in [0.1, 0.15) is 11.2 Å². The van der Waals surface area contributed by atoms with Crippen LogP contribution in [-0.4, -0.2) is 52.4 Å². The average molecular weight is 315 g/mol. The predicted octanol–water partition coefficient (Wildman–Crippen LogP) is 1.11. The Morgan fingerprint density at radius 3 is 2.86 bits per heavy atom. The lowest BCUT2D eigenvalue weighted by molar-refractivity contribution is -0.133. The highest BCUT2D eigenvalue weighted by Gasteiger charge is 2.31. The SMILES string of the molecule is Cc1nn(C)c(Cl)c1CN1CCOCC1C(=O)NC(C)C. The van der Waals surface area contributed by atoms with Crippen LogP contribution in [0.15, 0.2) is 0 Å². The summed E-state index contributed by atoms with van der Waals surface area (Å²) in [6.45, 7) is 8.20. The first-order chi connectivity index (χ1) is 9.90. The number of aryl methyl sites for hydroxylation is 2. The molecule has 2 heterocycles. The van der Waals surface area contributed by atoms with Gasteiger partial charge in [-0.25, -0.2) is 0 Å². The zero-order valence-electron chi connectivity index (χ0n) is 13.0. The summed E-state index contributed by atoms with van der Waals surface area (Å²) in [6.07, 6.45) is 0. The van der Waals surface area contributed by atoms with Gasteiger partial charge >= 0.3 is 0 Å². The Balaban J connectivity index is 2.13. The third kappa shape index (κ3) is 3.75. The van der Waals surface area contributed by atoms with E-state index in [1.54, 1.807) is 4.68 Å². The van der Waals surface area contributed by atoms with E-state index in [-0.39, 0.29) is 18.0 Å². The second kappa shape index (κ2) is 6.77. The van der Waals surface area contributed by atoms with Crippen LogP contribution in [0, 0.1) is 6.92 Å². The maximum atomic E-state index is 12.3. The number of aromatic nitrogens is 2. The second-order valence-electron chi connectivity index (χ2n) is 5.70. The minimum Gasteiger partial charge on any atom is -0.378 e. The molecule has 1 aliphatic heterocycles. The Bertz CT molecular complexity index is 515. The fraction of sp³-hybridized carbons (Fsp3) is 0.714. The standard InChI is InChI=1S/C14H23ClN4O2/c1-9(2)16-14(20)12-8-21-6-5-19(12)7-11-10(3)17-18(4)13(11)15/h9,12H,5-8H2,1-4H3,(H,16,20). The summed E-state index contributed by atoms with van der Waals surface area (Å²) in [7, 11) is 1.82. The minimum atomic E-state index is -0.281. The van der Waals surface area contributed by atoms with Crippen molar-refractivity contribution in [3.63, 3.8) is 0 Å². The number of carbonyl (C=O) groups excluding carboxylic acids is 1. The molecule has 1 fully saturated rings. The van der Waals surface area contributed by atoms with Gasteiger partial charge in [0, 0.05) is 31.7 Å². The molecule has 1 aromatic heterocycles. The summed E-state index contributed by atoms with van der Waals surface area (Å²) >= 11 is 6.29. The van der Waals surface area contributed by atoms with E-state index in [2.05, 4.69) is 15.3 Å². The van der Waals surface area contributed by atoms with E-state index in [1.807, 2.05) is 27.8 Å². The van der Waals surface area contributed by atoms with Crippen LogP contribution < -0.4 is 5.32 Å². The van der Waals surface area contributed by atoms with Gasteiger partial charge in [0.2, 0.25) is 5.91 Å². The monoisotopic (exact) mass is 314 g/mol. The lowest BCUT2D eigenvalue weighted by Gasteiger charge is -2.34. The Kier molecular flexibility index (Phi) is 5.24. The van der Waals surface area contributed by atoms with Gasteiger partial charge in [-0.05, 0) is 20.8 Å². The van der Waals surface area contributed by atoms with Gasteiger partial charge in [0.05, 0.1) is 18.9 Å². The molecule has 0 bridgehead atoms. The quantitative estimate of drug-likeness (QED) is 0.904. The van der Waals surface area contributed by atoms with Crippen molar-refractivity contribution in [2.75, 3.05) is 19.8 Å². The Morgan fingerprint density at radius 1 is 1.57 bits per heavy atom. The van der Waals surface area contributed by atoms with Crippen LogP contribution in [0.2, 0.25) is 5.15 Å². The second-order valence-corrected chi connectivity index (χ2v) is 6.06. The number of rotatable bonds is 4. The van der Waals surface area contributed by atoms with E-state index in [0.29, 0.717) is 31.5 Å². The van der Waals surface area contributed by atoms with Crippen LogP contribution in [0.4, 0.5) is 0 Å². The molecule has 2 rings (SSSR count). The average Bonchev–Trinajstić information content (AvgIpc) is 2.65. The van der Waals surface area contributed by atoms with E-state index in [0.717, 1.165) is 11.3 Å². The van der Waals surface area contributed by atoms with Gasteiger partial charge in [-0.3, -0.25) is 14.4 Å². The normalized spacial score (nSPS) is 20.0. The van der Waals surface area contributed by atoms with Crippen molar-refractivity contribution in [3.8, 4) is 0 Å². The largest absolute Gasteiger partial charge is 0.378 e. The van der Waals surface area contributed by atoms with E-state index in [9.17, 15) is 4.79 Å². The van der Waals surface area contributed by atoms with E-state index >= 15 is 0 Å². The first-order valence-electron chi connectivity index (χ1n) is 7.20. The number of halogens is 1. The molecule has 0 saturated carbocycles. The first kappa shape index (κ1) is 16.3. The minimum absolute atomic E-state index is 0.00219. The van der Waals surface area contributed by atoms with Crippen LogP contribution in [0.5, 0.6) is 0 Å². The fourth-order valence-corrected chi connectivity index (χ4v) is 2.74. The van der Waals surface area contributed by atoms with Gasteiger partial charge in [0.25, 0.3) is 0 Å². The van der Waals surface area contributed by atoms with Crippen molar-refractivity contribution in [1.29, 1.82) is 0 Å². The van der Waals surface area contributed by atoms with E-state index in [4.69, 9.17) is 16.3 Å². The molecule has 1 unspecified atom stereocenters. The highest BCUT2D eigenvalue weighted by molar-refractivity contribution is 6.30. The van der Waals surface area contributed by atoms with Crippen LogP contribution in [0.25, 0.3) is 0 Å². The molecule has 1 amide bonds. The summed E-state index contributed by atoms with van der Waals surface area (Å²) in [6, 6.07) is -0.165. The predicted molar refractivity (Wildman–Crippen MR) is 81.3 cm³/mol. The molecule has 21 heavy (non-hydrogen) atoms. The maximum Gasteiger partial charge on any atom is 0.239 e. The topological polar surface area (TPSA) is 59.4 Å². The third-order valence-corrected chi connectivity index (χ3v) is 4.08. The number of ether oxygens (including phenoxy) is 1. The molecule has 1 N–H and O–H groups in total. The first-order valence-corrected chi connectivity index (χ1v) is 7.58. The molecule has 0 aromatic carbocycles. The van der Waals surface area contributed by atoms with Gasteiger partial charge in [0.15, 0.2) is 0 Å². The summed E-state index contributed by atoms with van der Waals surface area (Å²) in [5.74, 6) is 0.00219. The zero-order chi connectivity index (χ0) is 15.6. The number of morpholine rings is 1. The molecule has 1 atom stereocenters. The van der Waals surface area contributed by atoms with Gasteiger partial charge in [-0.15, -0.1) is 0 Å². The lowest BCUT2D eigenvalue weighted by Crippen LogP contribution is -2.54. The molecule has 1 saturated heterocycles. The van der Waals surface area contributed by atoms with Crippen molar-refractivity contribution in [3.05, 3.63) is 16.4 Å². The molecular weight excluding hydrogens is 292 g/mol. The number of hydrogen-bond donors (Lipinski definition) is 1. The number of carbonyl (C=O) groups is 1. The number of nitrogens with zero attached hydrogens (tertiary/aromatic N) is 3. The summed E-state index contributed by atoms with van der Waals surface area (Å²) in [5, 5.41) is 7.90. The maximum absolute atomic E-state index is 12.3. The molecule has 7 heteroatoms. The zero-order valence-corrected chi connectivity index (χ0v) is 13.8. The van der Waals surface area contributed by atoms with E-state index in [1.165, 1.54) is 0 Å². The smallest absolute Gasteiger partial charge is 0.239 e. The van der Waals surface area contributed by atoms with Crippen molar-refractivity contribution in [2.24, 2.45) is 7.05 Å². The molecule has 118 valence electrons. The van der Waals surface area contributed by atoms with Gasteiger partial charge < -0.3 is 10.1 Å². The molecule has 0 radical (unpaired) electrons. The molecule has 1 aromatic rings. The highest BCUT2D eigenvalue weighted by atomic mass is 35.5. The Morgan fingerprint density at radius 2 is 2.29 bits per heavy atom. The summed E-state index contributed by atoms with van der Waals surface area (Å²) < 4.78 is 7.12. The van der Waals surface area contributed by atoms with Crippen LogP contribution in [0.3, 0.4) is 0 Å². The lowest BCUT2D eigenvalue weighted by atomic mass is 10.1. The van der Waals surface area contributed by atoms with Crippen molar-refractivity contribution in [2.45, 2.75) is 39.4 Å². The highest BCUT2D eigenvalue weighted by Crippen LogP contribution is 2.22. The van der Waals surface area contributed by atoms with Crippen LogP contribution in [0.1, 0.15) is 25.1 Å². The summed E-state index contributed by atoms with van der Waals surface area (Å²) in [4.78, 5) is 14.4. The third-order valence-electron chi connectivity index (χ3n) is 3.60. The Labute approximate surface area is 130 Å². The molecular formula is C14H23ClN4O2. The Hall–Kier alpha value is -1.11. The van der Waals surface area contributed by atoms with Crippen molar-refractivity contribution < 1.29 is 9.53 Å². The number of hydrogen-bond acceptors (Lipinski definition) is 4. The molecule has 0 aliphatic carbocycles. The molecule has 0 spiro atoms. The molecule has 1 aliphatic rings.